The molecule has 0 radical (unpaired) electrons. The third-order valence-corrected chi connectivity index (χ3v) is 9.66. The molecule has 0 atom stereocenters. The molecule has 0 aliphatic carbocycles. The van der Waals surface area contributed by atoms with Gasteiger partial charge in [-0.2, -0.15) is 0 Å². The molecule has 0 amide bonds. The monoisotopic (exact) mass is 624 g/mol. The molecule has 49 heavy (non-hydrogen) atoms. The van der Waals surface area contributed by atoms with E-state index in [1.54, 1.807) is 0 Å². The van der Waals surface area contributed by atoms with E-state index >= 15 is 0 Å². The average Bonchev–Trinajstić information content (AvgIpc) is 3.59. The van der Waals surface area contributed by atoms with Gasteiger partial charge in [-0.3, -0.25) is 0 Å². The van der Waals surface area contributed by atoms with Crippen molar-refractivity contribution in [1.82, 2.24) is 9.97 Å². The lowest BCUT2D eigenvalue weighted by Crippen LogP contribution is -1.96. The molecule has 0 fully saturated rings. The van der Waals surface area contributed by atoms with Gasteiger partial charge in [0.15, 0.2) is 5.82 Å². The van der Waals surface area contributed by atoms with E-state index in [9.17, 15) is 0 Å². The van der Waals surface area contributed by atoms with Gasteiger partial charge in [0.05, 0.1) is 11.4 Å². The van der Waals surface area contributed by atoms with Crippen LogP contribution >= 0.6 is 0 Å². The van der Waals surface area contributed by atoms with Crippen molar-refractivity contribution in [3.05, 3.63) is 170 Å². The van der Waals surface area contributed by atoms with Crippen LogP contribution in [-0.4, -0.2) is 9.97 Å². The standard InChI is InChI=1S/C46H28N2O/c1-4-13-29(14-5-1)34-23-25-38-36-21-10-11-22-37(36)39-26-24-35(45-43(39)42(38)44(34)49-45)32-19-12-20-33(27-32)46-47-40(30-15-6-2-7-16-30)28-41(48-46)31-17-8-3-9-18-31/h1-28H. The van der Waals surface area contributed by atoms with Crippen LogP contribution < -0.4 is 0 Å². The lowest BCUT2D eigenvalue weighted by atomic mass is 9.90. The highest BCUT2D eigenvalue weighted by Crippen LogP contribution is 2.48. The summed E-state index contributed by atoms with van der Waals surface area (Å²) in [6.45, 7) is 0. The Kier molecular flexibility index (Phi) is 6.18. The second-order valence-corrected chi connectivity index (χ2v) is 12.5. The largest absolute Gasteiger partial charge is 0.455 e. The van der Waals surface area contributed by atoms with Crippen LogP contribution in [-0.2, 0) is 0 Å². The van der Waals surface area contributed by atoms with Crippen LogP contribution in [0.2, 0.25) is 0 Å². The summed E-state index contributed by atoms with van der Waals surface area (Å²) < 4.78 is 7.02. The molecule has 0 bridgehead atoms. The van der Waals surface area contributed by atoms with Crippen molar-refractivity contribution in [2.24, 2.45) is 0 Å². The maximum Gasteiger partial charge on any atom is 0.160 e. The molecule has 0 spiro atoms. The Labute approximate surface area is 283 Å². The van der Waals surface area contributed by atoms with E-state index in [0.29, 0.717) is 5.82 Å². The van der Waals surface area contributed by atoms with Crippen LogP contribution in [0.15, 0.2) is 174 Å². The molecule has 0 N–H and O–H groups in total. The Morgan fingerprint density at radius 1 is 0.327 bits per heavy atom. The number of furan rings is 1. The molecule has 0 aliphatic heterocycles. The summed E-state index contributed by atoms with van der Waals surface area (Å²) in [6.07, 6.45) is 0. The Hall–Kier alpha value is -6.58. The summed E-state index contributed by atoms with van der Waals surface area (Å²) in [7, 11) is 0. The molecule has 3 nitrogen and oxygen atoms in total. The van der Waals surface area contributed by atoms with E-state index < -0.39 is 0 Å². The second-order valence-electron chi connectivity index (χ2n) is 12.5. The molecule has 8 aromatic carbocycles. The molecule has 0 saturated heterocycles. The van der Waals surface area contributed by atoms with E-state index in [-0.39, 0.29) is 0 Å². The van der Waals surface area contributed by atoms with Crippen molar-refractivity contribution in [3.8, 4) is 56.2 Å². The molecular formula is C46H28N2O. The summed E-state index contributed by atoms with van der Waals surface area (Å²) in [5.41, 5.74) is 11.0. The van der Waals surface area contributed by atoms with E-state index in [1.165, 1.54) is 26.9 Å². The van der Waals surface area contributed by atoms with Crippen LogP contribution in [0.5, 0.6) is 0 Å². The Morgan fingerprint density at radius 2 is 0.776 bits per heavy atom. The number of hydrogen-bond donors (Lipinski definition) is 0. The van der Waals surface area contributed by atoms with Crippen molar-refractivity contribution < 1.29 is 4.42 Å². The number of benzene rings is 8. The topological polar surface area (TPSA) is 38.9 Å². The van der Waals surface area contributed by atoms with Crippen LogP contribution in [0.25, 0.3) is 99.6 Å². The molecule has 2 heterocycles. The van der Waals surface area contributed by atoms with Crippen molar-refractivity contribution >= 4 is 43.5 Å². The predicted molar refractivity (Wildman–Crippen MR) is 203 cm³/mol. The molecule has 3 heteroatoms. The van der Waals surface area contributed by atoms with Gasteiger partial charge >= 0.3 is 0 Å². The minimum Gasteiger partial charge on any atom is -0.455 e. The van der Waals surface area contributed by atoms with Crippen molar-refractivity contribution in [1.29, 1.82) is 0 Å². The second kappa shape index (κ2) is 11.0. The third kappa shape index (κ3) is 4.44. The first-order chi connectivity index (χ1) is 24.3. The number of rotatable bonds is 5. The quantitative estimate of drug-likeness (QED) is 0.179. The van der Waals surface area contributed by atoms with Crippen LogP contribution in [0.3, 0.4) is 0 Å². The molecule has 2 aromatic heterocycles. The zero-order valence-corrected chi connectivity index (χ0v) is 26.5. The van der Waals surface area contributed by atoms with Gasteiger partial charge in [0.25, 0.3) is 0 Å². The highest BCUT2D eigenvalue weighted by Gasteiger charge is 2.23. The summed E-state index contributed by atoms with van der Waals surface area (Å²) in [5.74, 6) is 0.684. The first-order valence-corrected chi connectivity index (χ1v) is 16.6. The average molecular weight is 625 g/mol. The number of nitrogens with zero attached hydrogens (tertiary/aromatic N) is 2. The highest BCUT2D eigenvalue weighted by atomic mass is 16.3. The van der Waals surface area contributed by atoms with Gasteiger partial charge in [0, 0.05) is 38.6 Å². The van der Waals surface area contributed by atoms with E-state index in [1.807, 2.05) is 36.4 Å². The van der Waals surface area contributed by atoms with Gasteiger partial charge in [0.1, 0.15) is 11.2 Å². The van der Waals surface area contributed by atoms with Gasteiger partial charge in [-0.1, -0.05) is 146 Å². The van der Waals surface area contributed by atoms with Gasteiger partial charge in [0.2, 0.25) is 0 Å². The SMILES string of the molecule is c1ccc(-c2cc(-c3ccccc3)nc(-c3cccc(-c4ccc5c6ccccc6c6ccc(-c7ccccc7)c7oc4c5c76)c3)n2)cc1. The van der Waals surface area contributed by atoms with Gasteiger partial charge < -0.3 is 4.42 Å². The Morgan fingerprint density at radius 3 is 1.33 bits per heavy atom. The zero-order valence-electron chi connectivity index (χ0n) is 26.5. The highest BCUT2D eigenvalue weighted by molar-refractivity contribution is 6.35. The molecule has 228 valence electrons. The van der Waals surface area contributed by atoms with Crippen molar-refractivity contribution in [2.75, 3.05) is 0 Å². The van der Waals surface area contributed by atoms with Crippen LogP contribution in [0, 0.1) is 0 Å². The smallest absolute Gasteiger partial charge is 0.160 e. The maximum atomic E-state index is 7.02. The summed E-state index contributed by atoms with van der Waals surface area (Å²) in [5, 5.41) is 7.22. The Bertz CT molecular complexity index is 2750. The molecule has 10 aromatic rings. The molecule has 0 unspecified atom stereocenters. The first kappa shape index (κ1) is 27.5. The molecular weight excluding hydrogens is 597 g/mol. The minimum atomic E-state index is 0.684. The maximum absolute atomic E-state index is 7.02. The Balaban J connectivity index is 1.21. The van der Waals surface area contributed by atoms with Gasteiger partial charge in [-0.25, -0.2) is 9.97 Å². The minimum absolute atomic E-state index is 0.684. The fourth-order valence-corrected chi connectivity index (χ4v) is 7.37. The fourth-order valence-electron chi connectivity index (χ4n) is 7.37. The fraction of sp³-hybridized carbons (Fsp3) is 0. The predicted octanol–water partition coefficient (Wildman–Crippen LogP) is 12.5. The summed E-state index contributed by atoms with van der Waals surface area (Å²) in [6, 6.07) is 59.4. The van der Waals surface area contributed by atoms with Crippen LogP contribution in [0.1, 0.15) is 0 Å². The van der Waals surface area contributed by atoms with E-state index in [2.05, 4.69) is 133 Å². The number of aromatic nitrogens is 2. The summed E-state index contributed by atoms with van der Waals surface area (Å²) in [4.78, 5) is 10.2. The van der Waals surface area contributed by atoms with Gasteiger partial charge in [-0.15, -0.1) is 0 Å². The van der Waals surface area contributed by atoms with E-state index in [0.717, 1.165) is 66.9 Å². The van der Waals surface area contributed by atoms with E-state index in [4.69, 9.17) is 14.4 Å². The normalized spacial score (nSPS) is 11.7. The summed E-state index contributed by atoms with van der Waals surface area (Å²) >= 11 is 0. The first-order valence-electron chi connectivity index (χ1n) is 16.6. The van der Waals surface area contributed by atoms with Crippen molar-refractivity contribution in [3.63, 3.8) is 0 Å². The lowest BCUT2D eigenvalue weighted by molar-refractivity contribution is 0.671. The lowest BCUT2D eigenvalue weighted by Gasteiger charge is -2.12. The van der Waals surface area contributed by atoms with Crippen molar-refractivity contribution in [2.45, 2.75) is 0 Å². The number of fused-ring (bicyclic) bond motifs is 3. The third-order valence-electron chi connectivity index (χ3n) is 9.66. The van der Waals surface area contributed by atoms with Gasteiger partial charge in [-0.05, 0) is 56.9 Å². The molecule has 10 rings (SSSR count). The van der Waals surface area contributed by atoms with Crippen LogP contribution in [0.4, 0.5) is 0 Å². The molecule has 0 saturated carbocycles. The number of hydrogen-bond acceptors (Lipinski definition) is 3. The zero-order chi connectivity index (χ0) is 32.3. The molecule has 0 aliphatic rings.